The van der Waals surface area contributed by atoms with Crippen molar-refractivity contribution in [3.63, 3.8) is 0 Å². The van der Waals surface area contributed by atoms with E-state index in [0.29, 0.717) is 16.5 Å². The molecule has 0 fully saturated rings. The number of anilines is 1. The van der Waals surface area contributed by atoms with Gasteiger partial charge in [-0.05, 0) is 24.6 Å². The van der Waals surface area contributed by atoms with Gasteiger partial charge in [0.15, 0.2) is 0 Å². The molecule has 1 aromatic heterocycles. The van der Waals surface area contributed by atoms with Crippen LogP contribution < -0.4 is 14.9 Å². The predicted octanol–water partition coefficient (Wildman–Crippen LogP) is 3.52. The number of hydrogen-bond donors (Lipinski definition) is 2. The fourth-order valence-corrected chi connectivity index (χ4v) is 6.35. The van der Waals surface area contributed by atoms with E-state index in [4.69, 9.17) is 4.74 Å². The van der Waals surface area contributed by atoms with Crippen molar-refractivity contribution >= 4 is 40.7 Å². The van der Waals surface area contributed by atoms with Crippen molar-refractivity contribution in [1.82, 2.24) is 4.98 Å². The Balaban J connectivity index is 1.60. The molecule has 146 valence electrons. The van der Waals surface area contributed by atoms with Gasteiger partial charge in [0, 0.05) is 22.0 Å². The van der Waals surface area contributed by atoms with Gasteiger partial charge in [0.2, 0.25) is 5.91 Å². The second-order valence-electron chi connectivity index (χ2n) is 7.01. The van der Waals surface area contributed by atoms with Gasteiger partial charge in [0.25, 0.3) is 0 Å². The Labute approximate surface area is 174 Å². The molecule has 0 spiro atoms. The second-order valence-corrected chi connectivity index (χ2v) is 9.18. The highest BCUT2D eigenvalue weighted by atomic mass is 32.2. The summed E-state index contributed by atoms with van der Waals surface area (Å²) in [6, 6.07) is 14.8. The first-order valence-electron chi connectivity index (χ1n) is 9.09. The third-order valence-electron chi connectivity index (χ3n) is 5.25. The van der Waals surface area contributed by atoms with Crippen LogP contribution in [0.1, 0.15) is 21.9 Å². The Morgan fingerprint density at radius 3 is 2.69 bits per heavy atom. The molecular weight excluding hydrogens is 408 g/mol. The number of rotatable bonds is 2. The number of aromatic nitrogens is 1. The van der Waals surface area contributed by atoms with Crippen LogP contribution in [0.3, 0.4) is 0 Å². The number of carbonyl (C=O) groups is 2. The Hall–Kier alpha value is -2.84. The maximum Gasteiger partial charge on any atom is 0.317 e. The number of carbonyl (C=O) groups excluding carboxylic acids is 2. The van der Waals surface area contributed by atoms with Crippen LogP contribution in [-0.4, -0.2) is 22.1 Å². The van der Waals surface area contributed by atoms with Crippen molar-refractivity contribution in [2.75, 3.05) is 5.32 Å². The van der Waals surface area contributed by atoms with E-state index in [-0.39, 0.29) is 16.7 Å². The molecule has 29 heavy (non-hydrogen) atoms. The number of fused-ring (bicyclic) bond motifs is 5. The Kier molecular flexibility index (Phi) is 4.33. The van der Waals surface area contributed by atoms with Gasteiger partial charge < -0.3 is 15.0 Å². The fourth-order valence-electron chi connectivity index (χ4n) is 3.89. The zero-order valence-corrected chi connectivity index (χ0v) is 16.9. The largest absolute Gasteiger partial charge is 0.426 e. The molecule has 1 amide bonds. The SMILES string of the molecule is Cc1ccccc1NC(=O)[C@H]1Sc2[nH]c(=O)sc2[C@@H]2c3ccccc3OC(=O)[C@@H]21. The van der Waals surface area contributed by atoms with Gasteiger partial charge in [0.1, 0.15) is 11.0 Å². The van der Waals surface area contributed by atoms with Crippen LogP contribution in [0.4, 0.5) is 5.69 Å². The number of nitrogens with one attached hydrogen (secondary N) is 2. The van der Waals surface area contributed by atoms with Crippen LogP contribution in [-0.2, 0) is 9.59 Å². The lowest BCUT2D eigenvalue weighted by molar-refractivity contribution is -0.142. The number of amides is 1. The number of esters is 1. The number of aryl methyl sites for hydroxylation is 1. The minimum Gasteiger partial charge on any atom is -0.426 e. The summed E-state index contributed by atoms with van der Waals surface area (Å²) in [6.45, 7) is 1.91. The van der Waals surface area contributed by atoms with Gasteiger partial charge in [0.05, 0.1) is 10.9 Å². The summed E-state index contributed by atoms with van der Waals surface area (Å²) in [5.74, 6) is -1.35. The molecule has 2 N–H and O–H groups in total. The Morgan fingerprint density at radius 2 is 1.86 bits per heavy atom. The molecule has 0 saturated carbocycles. The van der Waals surface area contributed by atoms with E-state index in [9.17, 15) is 14.4 Å². The number of thiazole rings is 1. The number of H-pyrrole nitrogens is 1. The summed E-state index contributed by atoms with van der Waals surface area (Å²) >= 11 is 2.31. The lowest BCUT2D eigenvalue weighted by atomic mass is 9.80. The van der Waals surface area contributed by atoms with Crippen molar-refractivity contribution in [3.8, 4) is 5.75 Å². The Morgan fingerprint density at radius 1 is 1.10 bits per heavy atom. The molecule has 6 nitrogen and oxygen atoms in total. The van der Waals surface area contributed by atoms with Crippen LogP contribution in [0.25, 0.3) is 0 Å². The number of hydrogen-bond acceptors (Lipinski definition) is 6. The summed E-state index contributed by atoms with van der Waals surface area (Å²) in [5.41, 5.74) is 2.45. The maximum absolute atomic E-state index is 13.2. The molecule has 0 unspecified atom stereocenters. The minimum atomic E-state index is -0.724. The molecule has 0 aliphatic carbocycles. The predicted molar refractivity (Wildman–Crippen MR) is 112 cm³/mol. The maximum atomic E-state index is 13.2. The van der Waals surface area contributed by atoms with Crippen molar-refractivity contribution in [2.24, 2.45) is 5.92 Å². The third-order valence-corrected chi connectivity index (χ3v) is 7.67. The molecule has 2 aliphatic rings. The summed E-state index contributed by atoms with van der Waals surface area (Å²) in [7, 11) is 0. The first kappa shape index (κ1) is 18.2. The van der Waals surface area contributed by atoms with Crippen LogP contribution in [0.5, 0.6) is 5.75 Å². The van der Waals surface area contributed by atoms with Crippen LogP contribution in [0, 0.1) is 12.8 Å². The first-order valence-corrected chi connectivity index (χ1v) is 10.8. The first-order chi connectivity index (χ1) is 14.0. The number of ether oxygens (including phenoxy) is 1. The molecule has 3 heterocycles. The highest BCUT2D eigenvalue weighted by Crippen LogP contribution is 2.53. The van der Waals surface area contributed by atoms with E-state index in [2.05, 4.69) is 10.3 Å². The molecule has 0 bridgehead atoms. The van der Waals surface area contributed by atoms with Gasteiger partial charge in [-0.2, -0.15) is 0 Å². The van der Waals surface area contributed by atoms with E-state index >= 15 is 0 Å². The van der Waals surface area contributed by atoms with Gasteiger partial charge in [-0.1, -0.05) is 59.5 Å². The van der Waals surface area contributed by atoms with Gasteiger partial charge in [-0.15, -0.1) is 0 Å². The van der Waals surface area contributed by atoms with Crippen molar-refractivity contribution < 1.29 is 14.3 Å². The van der Waals surface area contributed by atoms with Gasteiger partial charge >= 0.3 is 10.8 Å². The average molecular weight is 425 g/mol. The molecule has 2 aliphatic heterocycles. The van der Waals surface area contributed by atoms with Crippen LogP contribution >= 0.6 is 23.1 Å². The number of para-hydroxylation sites is 2. The zero-order chi connectivity index (χ0) is 20.1. The van der Waals surface area contributed by atoms with E-state index in [1.807, 2.05) is 43.3 Å². The number of aromatic amines is 1. The highest BCUT2D eigenvalue weighted by Gasteiger charge is 2.51. The normalized spacial score (nSPS) is 22.1. The molecule has 5 rings (SSSR count). The molecule has 2 aromatic carbocycles. The summed E-state index contributed by atoms with van der Waals surface area (Å²) < 4.78 is 5.56. The summed E-state index contributed by atoms with van der Waals surface area (Å²) in [6.07, 6.45) is 0. The molecule has 8 heteroatoms. The third kappa shape index (κ3) is 2.99. The van der Waals surface area contributed by atoms with E-state index in [1.165, 1.54) is 11.8 Å². The quantitative estimate of drug-likeness (QED) is 0.485. The van der Waals surface area contributed by atoms with Crippen molar-refractivity contribution in [1.29, 1.82) is 0 Å². The standard InChI is InChI=1S/C21H16N2O4S2/c1-10-6-2-4-8-12(10)22-18(24)16-15-14(17-19(28-16)23-21(26)29-17)11-7-3-5-9-13(11)27-20(15)25/h2-9,14-16H,1H3,(H,22,24)(H,23,26)/t14-,15+,16+/m1/s1. The monoisotopic (exact) mass is 424 g/mol. The summed E-state index contributed by atoms with van der Waals surface area (Å²) in [5, 5.41) is 2.86. The highest BCUT2D eigenvalue weighted by molar-refractivity contribution is 8.00. The lowest BCUT2D eigenvalue weighted by Crippen LogP contribution is -2.46. The van der Waals surface area contributed by atoms with Crippen molar-refractivity contribution in [3.05, 3.63) is 74.2 Å². The topological polar surface area (TPSA) is 88.3 Å². The minimum absolute atomic E-state index is 0.197. The molecule has 3 atom stereocenters. The zero-order valence-electron chi connectivity index (χ0n) is 15.3. The van der Waals surface area contributed by atoms with E-state index in [1.54, 1.807) is 12.1 Å². The number of thioether (sulfide) groups is 1. The smallest absolute Gasteiger partial charge is 0.317 e. The van der Waals surface area contributed by atoms with Crippen LogP contribution in [0.2, 0.25) is 0 Å². The van der Waals surface area contributed by atoms with Crippen molar-refractivity contribution in [2.45, 2.75) is 23.1 Å². The van der Waals surface area contributed by atoms with E-state index < -0.39 is 17.1 Å². The fraction of sp³-hybridized carbons (Fsp3) is 0.190. The lowest BCUT2D eigenvalue weighted by Gasteiger charge is -2.38. The second kappa shape index (κ2) is 6.89. The number of benzene rings is 2. The molecule has 0 saturated heterocycles. The summed E-state index contributed by atoms with van der Waals surface area (Å²) in [4.78, 5) is 41.7. The van der Waals surface area contributed by atoms with Crippen LogP contribution in [0.15, 0.2) is 58.4 Å². The Bertz CT molecular complexity index is 1200. The van der Waals surface area contributed by atoms with Gasteiger partial charge in [-0.25, -0.2) is 0 Å². The molecular formula is C21H16N2O4S2. The van der Waals surface area contributed by atoms with E-state index in [0.717, 1.165) is 27.3 Å². The molecule has 3 aromatic rings. The van der Waals surface area contributed by atoms with Gasteiger partial charge in [-0.3, -0.25) is 14.4 Å². The average Bonchev–Trinajstić information content (AvgIpc) is 3.09. The molecule has 0 radical (unpaired) electrons.